The number of thiazole rings is 1. The van der Waals surface area contributed by atoms with E-state index in [1.807, 2.05) is 0 Å². The highest BCUT2D eigenvalue weighted by molar-refractivity contribution is 7.86. The van der Waals surface area contributed by atoms with Crippen LogP contribution < -0.4 is 4.74 Å². The molecular weight excluding hydrogens is 635 g/mol. The Morgan fingerprint density at radius 2 is 1.41 bits per heavy atom. The molecule has 44 heavy (non-hydrogen) atoms. The molecule has 1 heterocycles. The van der Waals surface area contributed by atoms with Crippen molar-refractivity contribution in [3.63, 3.8) is 0 Å². The van der Waals surface area contributed by atoms with E-state index < -0.39 is 25.1 Å². The number of aryl methyl sites for hydroxylation is 1. The van der Waals surface area contributed by atoms with Crippen LogP contribution in [0.25, 0.3) is 20.8 Å². The molecular formula is C27H21N5O9S3. The van der Waals surface area contributed by atoms with Crippen molar-refractivity contribution < 1.29 is 40.9 Å². The standard InChI is InChI=1S/C27H21N5O9S3/c1-14-24(43(35,36)37)10-9-19-26(14)42-27(28-19)15-3-5-16(6-4-15)29-32-21-12-23(41-2)20(13-25(21)44(38,39)40)31-30-18-8-7-17(33)11-22(18)34/h3-13,33-34H,1-2H3,(H,35,36,37)(H,38,39,40). The van der Waals surface area contributed by atoms with Gasteiger partial charge in [-0.25, -0.2) is 4.98 Å². The molecule has 5 aromatic rings. The van der Waals surface area contributed by atoms with Crippen LogP contribution in [-0.4, -0.2) is 48.2 Å². The lowest BCUT2D eigenvalue weighted by Gasteiger charge is -2.08. The molecule has 4 N–H and O–H groups in total. The fourth-order valence-corrected chi connectivity index (χ4v) is 6.55. The highest BCUT2D eigenvalue weighted by Crippen LogP contribution is 2.40. The summed E-state index contributed by atoms with van der Waals surface area (Å²) in [4.78, 5) is 3.72. The van der Waals surface area contributed by atoms with Gasteiger partial charge in [-0.15, -0.1) is 26.7 Å². The van der Waals surface area contributed by atoms with Crippen molar-refractivity contribution >= 4 is 64.5 Å². The van der Waals surface area contributed by atoms with Crippen molar-refractivity contribution in [2.45, 2.75) is 16.7 Å². The number of hydrogen-bond acceptors (Lipinski definition) is 13. The number of phenols is 2. The van der Waals surface area contributed by atoms with Crippen LogP contribution in [0, 0.1) is 6.92 Å². The maximum atomic E-state index is 12.2. The number of methoxy groups -OCH3 is 1. The average molecular weight is 656 g/mol. The van der Waals surface area contributed by atoms with Crippen LogP contribution in [0.2, 0.25) is 0 Å². The molecule has 0 aliphatic heterocycles. The third-order valence-corrected chi connectivity index (χ3v) is 9.30. The Bertz CT molecular complexity index is 2200. The molecule has 0 saturated heterocycles. The second kappa shape index (κ2) is 11.7. The van der Waals surface area contributed by atoms with Gasteiger partial charge in [-0.3, -0.25) is 9.11 Å². The average Bonchev–Trinajstić information content (AvgIpc) is 3.40. The van der Waals surface area contributed by atoms with Gasteiger partial charge in [0.2, 0.25) is 0 Å². The maximum absolute atomic E-state index is 12.2. The summed E-state index contributed by atoms with van der Waals surface area (Å²) in [5.74, 6) is -0.531. The van der Waals surface area contributed by atoms with Crippen molar-refractivity contribution in [2.75, 3.05) is 7.11 Å². The van der Waals surface area contributed by atoms with Gasteiger partial charge in [-0.2, -0.15) is 21.9 Å². The molecule has 0 spiro atoms. The Labute approximate surface area is 254 Å². The van der Waals surface area contributed by atoms with Crippen molar-refractivity contribution in [3.05, 3.63) is 72.3 Å². The summed E-state index contributed by atoms with van der Waals surface area (Å²) in [5, 5.41) is 35.8. The third-order valence-electron chi connectivity index (χ3n) is 6.18. The second-order valence-corrected chi connectivity index (χ2v) is 12.9. The molecule has 226 valence electrons. The fourth-order valence-electron chi connectivity index (χ4n) is 4.06. The van der Waals surface area contributed by atoms with Gasteiger partial charge < -0.3 is 14.9 Å². The van der Waals surface area contributed by atoms with Crippen LogP contribution in [0.3, 0.4) is 0 Å². The van der Waals surface area contributed by atoms with Gasteiger partial charge in [0.25, 0.3) is 20.2 Å². The Morgan fingerprint density at radius 1 is 0.750 bits per heavy atom. The van der Waals surface area contributed by atoms with Gasteiger partial charge >= 0.3 is 0 Å². The predicted molar refractivity (Wildman–Crippen MR) is 161 cm³/mol. The largest absolute Gasteiger partial charge is 0.508 e. The first-order valence-corrected chi connectivity index (χ1v) is 16.0. The summed E-state index contributed by atoms with van der Waals surface area (Å²) in [6.45, 7) is 1.59. The monoisotopic (exact) mass is 655 g/mol. The zero-order valence-electron chi connectivity index (χ0n) is 22.6. The number of fused-ring (bicyclic) bond motifs is 1. The molecule has 4 aromatic carbocycles. The lowest BCUT2D eigenvalue weighted by Crippen LogP contribution is -2.00. The van der Waals surface area contributed by atoms with E-state index >= 15 is 0 Å². The van der Waals surface area contributed by atoms with E-state index in [4.69, 9.17) is 4.74 Å². The molecule has 0 bridgehead atoms. The number of ether oxygens (including phenoxy) is 1. The van der Waals surface area contributed by atoms with Crippen LogP contribution in [0.15, 0.2) is 97.0 Å². The molecule has 1 aromatic heterocycles. The summed E-state index contributed by atoms with van der Waals surface area (Å²) < 4.78 is 72.9. The van der Waals surface area contributed by atoms with E-state index in [0.29, 0.717) is 32.0 Å². The van der Waals surface area contributed by atoms with Crippen LogP contribution >= 0.6 is 11.3 Å². The minimum absolute atomic E-state index is 0.0192. The zero-order valence-corrected chi connectivity index (χ0v) is 25.1. The van der Waals surface area contributed by atoms with Gasteiger partial charge in [0, 0.05) is 17.7 Å². The number of hydrogen-bond donors (Lipinski definition) is 4. The summed E-state index contributed by atoms with van der Waals surface area (Å²) in [6, 6.07) is 15.2. The van der Waals surface area contributed by atoms with E-state index in [1.165, 1.54) is 48.8 Å². The Balaban J connectivity index is 1.45. The molecule has 0 radical (unpaired) electrons. The molecule has 0 amide bonds. The van der Waals surface area contributed by atoms with Crippen molar-refractivity contribution in [1.29, 1.82) is 0 Å². The van der Waals surface area contributed by atoms with Crippen molar-refractivity contribution in [1.82, 2.24) is 4.98 Å². The van der Waals surface area contributed by atoms with E-state index in [-0.39, 0.29) is 39.2 Å². The molecule has 0 fully saturated rings. The van der Waals surface area contributed by atoms with Gasteiger partial charge in [-0.05, 0) is 67.1 Å². The summed E-state index contributed by atoms with van der Waals surface area (Å²) in [7, 11) is -7.89. The van der Waals surface area contributed by atoms with Crippen LogP contribution in [0.1, 0.15) is 5.56 Å². The third kappa shape index (κ3) is 6.41. The van der Waals surface area contributed by atoms with E-state index in [2.05, 4.69) is 25.4 Å². The van der Waals surface area contributed by atoms with Gasteiger partial charge in [0.1, 0.15) is 44.2 Å². The Hall–Kier alpha value is -4.81. The first-order chi connectivity index (χ1) is 20.7. The topological polar surface area (TPSA) is 221 Å². The number of nitrogens with zero attached hydrogens (tertiary/aromatic N) is 5. The highest BCUT2D eigenvalue weighted by atomic mass is 32.2. The van der Waals surface area contributed by atoms with Gasteiger partial charge in [-0.1, -0.05) is 0 Å². The number of phenolic OH excluding ortho intramolecular Hbond substituents is 2. The highest BCUT2D eigenvalue weighted by Gasteiger charge is 2.21. The fraction of sp³-hybridized carbons (Fsp3) is 0.0741. The second-order valence-electron chi connectivity index (χ2n) is 9.12. The molecule has 0 aliphatic rings. The number of benzene rings is 4. The van der Waals surface area contributed by atoms with E-state index in [0.717, 1.165) is 12.1 Å². The molecule has 0 saturated carbocycles. The first kappa shape index (κ1) is 30.6. The minimum atomic E-state index is -4.81. The predicted octanol–water partition coefficient (Wildman–Crippen LogP) is 7.02. The number of aromatic hydroxyl groups is 2. The maximum Gasteiger partial charge on any atom is 0.296 e. The number of azo groups is 2. The summed E-state index contributed by atoms with van der Waals surface area (Å²) in [6.07, 6.45) is 0. The molecule has 14 nitrogen and oxygen atoms in total. The summed E-state index contributed by atoms with van der Waals surface area (Å²) >= 11 is 1.25. The number of rotatable bonds is 8. The van der Waals surface area contributed by atoms with Crippen LogP contribution in [-0.2, 0) is 20.2 Å². The SMILES string of the molecule is COc1cc(N=Nc2ccc(-c3nc4ccc(S(=O)(=O)O)c(C)c4s3)cc2)c(S(=O)(=O)O)cc1N=Nc1ccc(O)cc1O. The normalized spacial score (nSPS) is 12.5. The Morgan fingerprint density at radius 3 is 2.05 bits per heavy atom. The smallest absolute Gasteiger partial charge is 0.296 e. The molecule has 0 aliphatic carbocycles. The van der Waals surface area contributed by atoms with E-state index in [9.17, 15) is 36.2 Å². The quantitative estimate of drug-likeness (QED) is 0.0988. The van der Waals surface area contributed by atoms with Crippen LogP contribution in [0.4, 0.5) is 22.7 Å². The minimum Gasteiger partial charge on any atom is -0.508 e. The van der Waals surface area contributed by atoms with Crippen LogP contribution in [0.5, 0.6) is 17.2 Å². The van der Waals surface area contributed by atoms with Crippen molar-refractivity contribution in [2.24, 2.45) is 20.5 Å². The van der Waals surface area contributed by atoms with Crippen molar-refractivity contribution in [3.8, 4) is 27.8 Å². The zero-order chi connectivity index (χ0) is 31.8. The Kier molecular flexibility index (Phi) is 8.15. The lowest BCUT2D eigenvalue weighted by atomic mass is 10.2. The van der Waals surface area contributed by atoms with E-state index in [1.54, 1.807) is 31.2 Å². The van der Waals surface area contributed by atoms with Gasteiger partial charge in [0.05, 0.1) is 27.9 Å². The molecule has 5 rings (SSSR count). The summed E-state index contributed by atoms with van der Waals surface area (Å²) in [5.41, 5.74) is 1.58. The number of aromatic nitrogens is 1. The lowest BCUT2D eigenvalue weighted by molar-refractivity contribution is 0.415. The molecule has 17 heteroatoms. The molecule has 0 unspecified atom stereocenters. The first-order valence-electron chi connectivity index (χ1n) is 12.3. The molecule has 0 atom stereocenters. The van der Waals surface area contributed by atoms with Gasteiger partial charge in [0.15, 0.2) is 0 Å².